The Balaban J connectivity index is 1.85. The zero-order chi connectivity index (χ0) is 18.8. The van der Waals surface area contributed by atoms with Crippen molar-refractivity contribution in [2.75, 3.05) is 6.54 Å². The second kappa shape index (κ2) is 7.46. The normalized spacial score (nSPS) is 11.3. The molecule has 0 aliphatic rings. The molecule has 0 saturated carbocycles. The van der Waals surface area contributed by atoms with E-state index in [4.69, 9.17) is 11.6 Å². The number of nitrogens with one attached hydrogen (secondary N) is 1. The van der Waals surface area contributed by atoms with Gasteiger partial charge in [0.1, 0.15) is 0 Å². The number of nitrogens with zero attached hydrogens (tertiary/aromatic N) is 3. The minimum Gasteiger partial charge on any atom is -0.352 e. The Kier molecular flexibility index (Phi) is 5.28. The molecule has 0 spiro atoms. The smallest absolute Gasteiger partial charge is 0.252 e. The molecule has 0 radical (unpaired) electrons. The van der Waals surface area contributed by atoms with E-state index in [0.29, 0.717) is 17.1 Å². The Morgan fingerprint density at radius 3 is 2.77 bits per heavy atom. The molecule has 1 N–H and O–H groups in total. The number of hydrogen-bond donors (Lipinski definition) is 1. The van der Waals surface area contributed by atoms with Crippen molar-refractivity contribution in [3.05, 3.63) is 57.9 Å². The first kappa shape index (κ1) is 18.4. The summed E-state index contributed by atoms with van der Waals surface area (Å²) in [5.74, 6) is 0.130. The van der Waals surface area contributed by atoms with E-state index in [1.807, 2.05) is 44.3 Å². The summed E-state index contributed by atoms with van der Waals surface area (Å²) in [6, 6.07) is 9.57. The summed E-state index contributed by atoms with van der Waals surface area (Å²) < 4.78 is 1.74. The van der Waals surface area contributed by atoms with Crippen LogP contribution in [0.2, 0.25) is 5.02 Å². The van der Waals surface area contributed by atoms with Gasteiger partial charge in [-0.05, 0) is 43.0 Å². The quantitative estimate of drug-likeness (QED) is 0.737. The fourth-order valence-corrected chi connectivity index (χ4v) is 3.26. The predicted molar refractivity (Wildman–Crippen MR) is 105 cm³/mol. The summed E-state index contributed by atoms with van der Waals surface area (Å²) in [6.45, 7) is 6.58. The van der Waals surface area contributed by atoms with E-state index in [-0.39, 0.29) is 11.8 Å². The largest absolute Gasteiger partial charge is 0.352 e. The van der Waals surface area contributed by atoms with Crippen LogP contribution in [0.25, 0.3) is 11.0 Å². The number of rotatable bonds is 5. The first-order valence-corrected chi connectivity index (χ1v) is 9.11. The summed E-state index contributed by atoms with van der Waals surface area (Å²) in [4.78, 5) is 17.5. The fourth-order valence-electron chi connectivity index (χ4n) is 3.05. The Labute approximate surface area is 158 Å². The first-order valence-electron chi connectivity index (χ1n) is 8.73. The van der Waals surface area contributed by atoms with Crippen molar-refractivity contribution in [1.29, 1.82) is 0 Å². The lowest BCUT2D eigenvalue weighted by atomic mass is 10.0. The third-order valence-electron chi connectivity index (χ3n) is 4.41. The molecule has 26 heavy (non-hydrogen) atoms. The van der Waals surface area contributed by atoms with E-state index in [1.165, 1.54) is 0 Å². The molecule has 2 aromatic heterocycles. The van der Waals surface area contributed by atoms with E-state index in [1.54, 1.807) is 4.68 Å². The average Bonchev–Trinajstić information content (AvgIpc) is 2.88. The van der Waals surface area contributed by atoms with Crippen molar-refractivity contribution in [2.45, 2.75) is 33.1 Å². The number of pyridine rings is 1. The molecule has 0 bridgehead atoms. The van der Waals surface area contributed by atoms with Crippen LogP contribution < -0.4 is 5.32 Å². The summed E-state index contributed by atoms with van der Waals surface area (Å²) in [7, 11) is 1.85. The molecule has 0 fully saturated rings. The van der Waals surface area contributed by atoms with E-state index >= 15 is 0 Å². The highest BCUT2D eigenvalue weighted by molar-refractivity contribution is 6.30. The Bertz CT molecular complexity index is 962. The Morgan fingerprint density at radius 1 is 1.31 bits per heavy atom. The van der Waals surface area contributed by atoms with Crippen LogP contribution in [0.5, 0.6) is 0 Å². The molecule has 0 saturated heterocycles. The molecule has 0 unspecified atom stereocenters. The van der Waals surface area contributed by atoms with Crippen LogP contribution in [0, 0.1) is 6.92 Å². The number of benzene rings is 1. The second-order valence-electron chi connectivity index (χ2n) is 6.79. The molecule has 6 heteroatoms. The van der Waals surface area contributed by atoms with E-state index < -0.39 is 0 Å². The molecule has 3 rings (SSSR count). The number of halogens is 1. The van der Waals surface area contributed by atoms with Gasteiger partial charge >= 0.3 is 0 Å². The number of carbonyl (C=O) groups is 1. The maximum absolute atomic E-state index is 12.9. The predicted octanol–water partition coefficient (Wildman–Crippen LogP) is 4.03. The van der Waals surface area contributed by atoms with Gasteiger partial charge in [0.2, 0.25) is 0 Å². The van der Waals surface area contributed by atoms with Gasteiger partial charge in [-0.2, -0.15) is 5.10 Å². The fraction of sp³-hybridized carbons (Fsp3) is 0.350. The topological polar surface area (TPSA) is 59.8 Å². The van der Waals surface area contributed by atoms with Crippen LogP contribution in [-0.4, -0.2) is 27.2 Å². The van der Waals surface area contributed by atoms with Gasteiger partial charge < -0.3 is 5.32 Å². The molecule has 0 aliphatic carbocycles. The maximum atomic E-state index is 12.9. The third kappa shape index (κ3) is 3.73. The van der Waals surface area contributed by atoms with Gasteiger partial charge in [0.15, 0.2) is 5.65 Å². The monoisotopic (exact) mass is 370 g/mol. The molecule has 5 nitrogen and oxygen atoms in total. The van der Waals surface area contributed by atoms with Crippen molar-refractivity contribution < 1.29 is 4.79 Å². The van der Waals surface area contributed by atoms with Crippen molar-refractivity contribution in [3.8, 4) is 0 Å². The number of fused-ring (bicyclic) bond motifs is 1. The van der Waals surface area contributed by atoms with Crippen LogP contribution in [0.4, 0.5) is 0 Å². The lowest BCUT2D eigenvalue weighted by Crippen LogP contribution is -2.26. The number of aryl methyl sites for hydroxylation is 2. The SMILES string of the molecule is Cc1nn(C)c2nc(C(C)C)cc(C(=O)NCCc3cccc(Cl)c3)c12. The first-order chi connectivity index (χ1) is 12.4. The van der Waals surface area contributed by atoms with Crippen molar-refractivity contribution in [3.63, 3.8) is 0 Å². The van der Waals surface area contributed by atoms with Crippen LogP contribution in [0.3, 0.4) is 0 Å². The highest BCUT2D eigenvalue weighted by atomic mass is 35.5. The van der Waals surface area contributed by atoms with Gasteiger partial charge in [-0.25, -0.2) is 4.98 Å². The average molecular weight is 371 g/mol. The van der Waals surface area contributed by atoms with Gasteiger partial charge in [0, 0.05) is 24.3 Å². The minimum atomic E-state index is -0.0996. The number of aromatic nitrogens is 3. The standard InChI is InChI=1S/C20H23ClN4O/c1-12(2)17-11-16(18-13(3)24-25(4)19(18)23-17)20(26)22-9-8-14-6-5-7-15(21)10-14/h5-7,10-12H,8-9H2,1-4H3,(H,22,26). The molecule has 0 atom stereocenters. The number of carbonyl (C=O) groups excluding carboxylic acids is 1. The highest BCUT2D eigenvalue weighted by Crippen LogP contribution is 2.24. The van der Waals surface area contributed by atoms with E-state index in [0.717, 1.165) is 34.4 Å². The molecule has 1 amide bonds. The molecule has 1 aromatic carbocycles. The van der Waals surface area contributed by atoms with Crippen molar-refractivity contribution in [2.24, 2.45) is 7.05 Å². The third-order valence-corrected chi connectivity index (χ3v) is 4.65. The van der Waals surface area contributed by atoms with Crippen LogP contribution in [0.15, 0.2) is 30.3 Å². The van der Waals surface area contributed by atoms with Gasteiger partial charge in [-0.3, -0.25) is 9.48 Å². The lowest BCUT2D eigenvalue weighted by molar-refractivity contribution is 0.0955. The Morgan fingerprint density at radius 2 is 2.08 bits per heavy atom. The maximum Gasteiger partial charge on any atom is 0.252 e. The number of amides is 1. The molecule has 3 aromatic rings. The van der Waals surface area contributed by atoms with Crippen LogP contribution in [-0.2, 0) is 13.5 Å². The minimum absolute atomic E-state index is 0.0996. The van der Waals surface area contributed by atoms with Gasteiger partial charge in [-0.1, -0.05) is 37.6 Å². The summed E-state index contributed by atoms with van der Waals surface area (Å²) in [5, 5.41) is 8.97. The summed E-state index contributed by atoms with van der Waals surface area (Å²) in [6.07, 6.45) is 0.726. The van der Waals surface area contributed by atoms with Gasteiger partial charge in [0.05, 0.1) is 16.6 Å². The van der Waals surface area contributed by atoms with E-state index in [2.05, 4.69) is 29.2 Å². The molecular weight excluding hydrogens is 348 g/mol. The molecular formula is C20H23ClN4O. The summed E-state index contributed by atoms with van der Waals surface area (Å²) in [5.41, 5.74) is 4.17. The lowest BCUT2D eigenvalue weighted by Gasteiger charge is -2.11. The molecule has 0 aliphatic heterocycles. The van der Waals surface area contributed by atoms with Crippen molar-refractivity contribution in [1.82, 2.24) is 20.1 Å². The number of hydrogen-bond acceptors (Lipinski definition) is 3. The van der Waals surface area contributed by atoms with Crippen LogP contribution >= 0.6 is 11.6 Å². The second-order valence-corrected chi connectivity index (χ2v) is 7.23. The van der Waals surface area contributed by atoms with Gasteiger partial charge in [-0.15, -0.1) is 0 Å². The van der Waals surface area contributed by atoms with Gasteiger partial charge in [0.25, 0.3) is 5.91 Å². The van der Waals surface area contributed by atoms with Crippen molar-refractivity contribution >= 4 is 28.5 Å². The summed E-state index contributed by atoms with van der Waals surface area (Å²) >= 11 is 6.01. The molecule has 2 heterocycles. The molecule has 136 valence electrons. The highest BCUT2D eigenvalue weighted by Gasteiger charge is 2.19. The Hall–Kier alpha value is -2.40. The zero-order valence-electron chi connectivity index (χ0n) is 15.5. The van der Waals surface area contributed by atoms with E-state index in [9.17, 15) is 4.79 Å². The zero-order valence-corrected chi connectivity index (χ0v) is 16.3. The van der Waals surface area contributed by atoms with Crippen LogP contribution in [0.1, 0.15) is 47.1 Å².